The maximum absolute atomic E-state index is 12.3. The summed E-state index contributed by atoms with van der Waals surface area (Å²) in [6.07, 6.45) is -0.711. The van der Waals surface area contributed by atoms with E-state index in [0.29, 0.717) is 17.0 Å². The van der Waals surface area contributed by atoms with E-state index in [9.17, 15) is 14.4 Å². The number of methoxy groups -OCH3 is 1. The summed E-state index contributed by atoms with van der Waals surface area (Å²) in [5.74, 6) is -0.598. The maximum atomic E-state index is 12.3. The number of fused-ring (bicyclic) bond motifs is 1. The van der Waals surface area contributed by atoms with Crippen LogP contribution in [0.2, 0.25) is 0 Å². The van der Waals surface area contributed by atoms with Crippen LogP contribution in [0.25, 0.3) is 0 Å². The predicted octanol–water partition coefficient (Wildman–Crippen LogP) is 1.19. The van der Waals surface area contributed by atoms with Gasteiger partial charge in [-0.3, -0.25) is 19.3 Å². The fourth-order valence-corrected chi connectivity index (χ4v) is 2.20. The smallest absolute Gasteiger partial charge is 0.326 e. The SMILES string of the molecule is COCCOC(=O)CN1C(=O)C(C)Oc2ccc(C(C)=O)cc21. The van der Waals surface area contributed by atoms with E-state index < -0.39 is 12.1 Å². The summed E-state index contributed by atoms with van der Waals surface area (Å²) >= 11 is 0. The topological polar surface area (TPSA) is 82.1 Å². The Bertz CT molecular complexity index is 627. The Hall–Kier alpha value is -2.41. The van der Waals surface area contributed by atoms with Gasteiger partial charge in [0.25, 0.3) is 5.91 Å². The molecule has 23 heavy (non-hydrogen) atoms. The first-order chi connectivity index (χ1) is 10.9. The zero-order chi connectivity index (χ0) is 17.0. The van der Waals surface area contributed by atoms with Gasteiger partial charge in [0.2, 0.25) is 0 Å². The van der Waals surface area contributed by atoms with Gasteiger partial charge in [0, 0.05) is 12.7 Å². The number of Topliss-reactive ketones (excluding diaryl/α,β-unsaturated/α-hetero) is 1. The number of nitrogens with zero attached hydrogens (tertiary/aromatic N) is 1. The first-order valence-electron chi connectivity index (χ1n) is 7.21. The molecule has 1 aliphatic rings. The Kier molecular flexibility index (Phi) is 5.33. The second-order valence-electron chi connectivity index (χ2n) is 5.14. The van der Waals surface area contributed by atoms with Crippen molar-refractivity contribution in [1.29, 1.82) is 0 Å². The van der Waals surface area contributed by atoms with Gasteiger partial charge in [-0.1, -0.05) is 0 Å². The molecular weight excluding hydrogens is 302 g/mol. The van der Waals surface area contributed by atoms with Gasteiger partial charge in [-0.2, -0.15) is 0 Å². The van der Waals surface area contributed by atoms with Crippen LogP contribution < -0.4 is 9.64 Å². The lowest BCUT2D eigenvalue weighted by Gasteiger charge is -2.32. The molecule has 0 spiro atoms. The molecule has 1 atom stereocenters. The Morgan fingerprint density at radius 2 is 2.04 bits per heavy atom. The third-order valence-electron chi connectivity index (χ3n) is 3.41. The number of benzene rings is 1. The molecule has 0 saturated carbocycles. The van der Waals surface area contributed by atoms with E-state index in [-0.39, 0.29) is 31.4 Å². The summed E-state index contributed by atoms with van der Waals surface area (Å²) in [6, 6.07) is 4.79. The van der Waals surface area contributed by atoms with Gasteiger partial charge >= 0.3 is 5.97 Å². The lowest BCUT2D eigenvalue weighted by Crippen LogP contribution is -2.47. The minimum atomic E-state index is -0.711. The van der Waals surface area contributed by atoms with E-state index in [4.69, 9.17) is 14.2 Å². The third-order valence-corrected chi connectivity index (χ3v) is 3.41. The third kappa shape index (κ3) is 3.87. The molecule has 1 amide bonds. The van der Waals surface area contributed by atoms with Crippen molar-refractivity contribution in [3.8, 4) is 5.75 Å². The van der Waals surface area contributed by atoms with E-state index in [0.717, 1.165) is 0 Å². The normalized spacial score (nSPS) is 16.6. The van der Waals surface area contributed by atoms with Gasteiger partial charge in [0.05, 0.1) is 12.3 Å². The highest BCUT2D eigenvalue weighted by Crippen LogP contribution is 2.34. The minimum Gasteiger partial charge on any atom is -0.479 e. The van der Waals surface area contributed by atoms with Crippen LogP contribution in [-0.2, 0) is 19.1 Å². The van der Waals surface area contributed by atoms with E-state index in [2.05, 4.69) is 0 Å². The van der Waals surface area contributed by atoms with Crippen molar-refractivity contribution >= 4 is 23.3 Å². The molecule has 0 radical (unpaired) electrons. The van der Waals surface area contributed by atoms with E-state index >= 15 is 0 Å². The summed E-state index contributed by atoms with van der Waals surface area (Å²) in [5, 5.41) is 0. The Morgan fingerprint density at radius 1 is 1.30 bits per heavy atom. The Morgan fingerprint density at radius 3 is 2.70 bits per heavy atom. The average Bonchev–Trinajstić information content (AvgIpc) is 2.51. The standard InChI is InChI=1S/C16H19NO6/c1-10(18)12-4-5-14-13(8-12)17(16(20)11(2)23-14)9-15(19)22-7-6-21-3/h4-5,8,11H,6-7,9H2,1-3H3. The first-order valence-corrected chi connectivity index (χ1v) is 7.21. The van der Waals surface area contributed by atoms with Gasteiger partial charge in [-0.25, -0.2) is 0 Å². The number of esters is 1. The van der Waals surface area contributed by atoms with Crippen molar-refractivity contribution in [2.75, 3.05) is 31.8 Å². The lowest BCUT2D eigenvalue weighted by atomic mass is 10.1. The van der Waals surface area contributed by atoms with E-state index in [1.165, 1.54) is 18.9 Å². The maximum Gasteiger partial charge on any atom is 0.326 e. The van der Waals surface area contributed by atoms with Crippen molar-refractivity contribution in [1.82, 2.24) is 0 Å². The molecule has 0 bridgehead atoms. The second kappa shape index (κ2) is 7.23. The van der Waals surface area contributed by atoms with Crippen LogP contribution in [0.3, 0.4) is 0 Å². The minimum absolute atomic E-state index is 0.115. The number of carbonyl (C=O) groups is 3. The van der Waals surface area contributed by atoms with Crippen LogP contribution >= 0.6 is 0 Å². The van der Waals surface area contributed by atoms with Crippen LogP contribution in [0.4, 0.5) is 5.69 Å². The lowest BCUT2D eigenvalue weighted by molar-refractivity contribution is -0.144. The average molecular weight is 321 g/mol. The van der Waals surface area contributed by atoms with Crippen LogP contribution in [-0.4, -0.2) is 50.6 Å². The molecule has 7 heteroatoms. The summed E-state index contributed by atoms with van der Waals surface area (Å²) in [5.41, 5.74) is 0.831. The highest BCUT2D eigenvalue weighted by atomic mass is 16.6. The number of hydrogen-bond donors (Lipinski definition) is 0. The summed E-state index contributed by atoms with van der Waals surface area (Å²) in [7, 11) is 1.50. The Labute approximate surface area is 134 Å². The number of ether oxygens (including phenoxy) is 3. The zero-order valence-corrected chi connectivity index (χ0v) is 13.3. The summed E-state index contributed by atoms with van der Waals surface area (Å²) in [4.78, 5) is 37.0. The number of hydrogen-bond acceptors (Lipinski definition) is 6. The molecular formula is C16H19NO6. The molecule has 0 N–H and O–H groups in total. The molecule has 1 unspecified atom stereocenters. The molecule has 0 aliphatic carbocycles. The fourth-order valence-electron chi connectivity index (χ4n) is 2.20. The Balaban J connectivity index is 2.24. The molecule has 124 valence electrons. The number of carbonyl (C=O) groups excluding carboxylic acids is 3. The first kappa shape index (κ1) is 17.0. The number of amides is 1. The highest BCUT2D eigenvalue weighted by Gasteiger charge is 2.33. The molecule has 1 aliphatic heterocycles. The van der Waals surface area contributed by atoms with Crippen LogP contribution in [0.1, 0.15) is 24.2 Å². The van der Waals surface area contributed by atoms with Gasteiger partial charge in [-0.05, 0) is 32.0 Å². The number of rotatable bonds is 6. The highest BCUT2D eigenvalue weighted by molar-refractivity contribution is 6.04. The monoisotopic (exact) mass is 321 g/mol. The number of anilines is 1. The fraction of sp³-hybridized carbons (Fsp3) is 0.438. The van der Waals surface area contributed by atoms with Crippen LogP contribution in [0, 0.1) is 0 Å². The van der Waals surface area contributed by atoms with Crippen molar-refractivity contribution in [2.24, 2.45) is 0 Å². The van der Waals surface area contributed by atoms with Gasteiger partial charge in [-0.15, -0.1) is 0 Å². The summed E-state index contributed by atoms with van der Waals surface area (Å²) in [6.45, 7) is 3.19. The van der Waals surface area contributed by atoms with Gasteiger partial charge in [0.15, 0.2) is 11.9 Å². The van der Waals surface area contributed by atoms with Crippen molar-refractivity contribution < 1.29 is 28.6 Å². The molecule has 7 nitrogen and oxygen atoms in total. The van der Waals surface area contributed by atoms with Crippen LogP contribution in [0.5, 0.6) is 5.75 Å². The van der Waals surface area contributed by atoms with Crippen LogP contribution in [0.15, 0.2) is 18.2 Å². The van der Waals surface area contributed by atoms with Gasteiger partial charge < -0.3 is 14.2 Å². The van der Waals surface area contributed by atoms with Crippen molar-refractivity contribution in [2.45, 2.75) is 20.0 Å². The van der Waals surface area contributed by atoms with Crippen molar-refractivity contribution in [3.05, 3.63) is 23.8 Å². The molecule has 1 aromatic carbocycles. The molecule has 0 fully saturated rings. The van der Waals surface area contributed by atoms with Crippen molar-refractivity contribution in [3.63, 3.8) is 0 Å². The summed E-state index contributed by atoms with van der Waals surface area (Å²) < 4.78 is 15.3. The number of ketones is 1. The van der Waals surface area contributed by atoms with E-state index in [1.807, 2.05) is 0 Å². The molecule has 0 saturated heterocycles. The zero-order valence-electron chi connectivity index (χ0n) is 13.3. The van der Waals surface area contributed by atoms with Gasteiger partial charge in [0.1, 0.15) is 18.9 Å². The second-order valence-corrected chi connectivity index (χ2v) is 5.14. The van der Waals surface area contributed by atoms with E-state index in [1.54, 1.807) is 25.1 Å². The molecule has 2 rings (SSSR count). The quantitative estimate of drug-likeness (QED) is 0.445. The molecule has 1 aromatic rings. The molecule has 1 heterocycles. The predicted molar refractivity (Wildman–Crippen MR) is 81.7 cm³/mol. The molecule has 0 aromatic heterocycles. The largest absolute Gasteiger partial charge is 0.479 e.